The molecule has 1 atom stereocenters. The Morgan fingerprint density at radius 3 is 2.67 bits per heavy atom. The summed E-state index contributed by atoms with van der Waals surface area (Å²) in [6.07, 6.45) is 0.732. The van der Waals surface area contributed by atoms with Crippen molar-refractivity contribution in [3.63, 3.8) is 0 Å². The number of aromatic nitrogens is 3. The summed E-state index contributed by atoms with van der Waals surface area (Å²) in [6, 6.07) is 15.6. The van der Waals surface area contributed by atoms with Crippen LogP contribution in [0.1, 0.15) is 35.2 Å². The van der Waals surface area contributed by atoms with Crippen LogP contribution in [0.25, 0.3) is 11.0 Å². The highest BCUT2D eigenvalue weighted by Gasteiger charge is 2.22. The fourth-order valence-corrected chi connectivity index (χ4v) is 2.58. The van der Waals surface area contributed by atoms with Gasteiger partial charge in [0.05, 0.1) is 11.4 Å². The van der Waals surface area contributed by atoms with Crippen LogP contribution in [0.4, 0.5) is 0 Å². The Kier molecular flexibility index (Phi) is 3.52. The molecule has 0 fully saturated rings. The predicted molar refractivity (Wildman–Crippen MR) is 82.4 cm³/mol. The lowest BCUT2D eigenvalue weighted by Crippen LogP contribution is -2.21. The first-order chi connectivity index (χ1) is 10.2. The van der Waals surface area contributed by atoms with Gasteiger partial charge in [-0.1, -0.05) is 48.5 Å². The van der Waals surface area contributed by atoms with Crippen LogP contribution in [0, 0.1) is 6.92 Å². The van der Waals surface area contributed by atoms with E-state index in [1.165, 1.54) is 4.68 Å². The lowest BCUT2D eigenvalue weighted by atomic mass is 9.96. The van der Waals surface area contributed by atoms with E-state index in [1.54, 1.807) is 0 Å². The summed E-state index contributed by atoms with van der Waals surface area (Å²) in [6.45, 7) is 4.01. The Hall–Kier alpha value is -2.49. The summed E-state index contributed by atoms with van der Waals surface area (Å²) in [5.41, 5.74) is 3.64. The average Bonchev–Trinajstić information content (AvgIpc) is 2.92. The third-order valence-electron chi connectivity index (χ3n) is 3.72. The second-order valence-corrected chi connectivity index (χ2v) is 5.20. The van der Waals surface area contributed by atoms with E-state index in [4.69, 9.17) is 0 Å². The number of fused-ring (bicyclic) bond motifs is 1. The van der Waals surface area contributed by atoms with E-state index < -0.39 is 0 Å². The van der Waals surface area contributed by atoms with Crippen molar-refractivity contribution in [3.05, 3.63) is 59.7 Å². The maximum absolute atomic E-state index is 12.8. The molecule has 4 heteroatoms. The predicted octanol–water partition coefficient (Wildman–Crippen LogP) is 3.57. The van der Waals surface area contributed by atoms with Gasteiger partial charge in [-0.15, -0.1) is 5.10 Å². The number of aryl methyl sites for hydroxylation is 1. The van der Waals surface area contributed by atoms with Gasteiger partial charge in [-0.25, -0.2) is 0 Å². The fourth-order valence-electron chi connectivity index (χ4n) is 2.58. The zero-order valence-electron chi connectivity index (χ0n) is 12.2. The van der Waals surface area contributed by atoms with E-state index in [2.05, 4.69) is 10.3 Å². The molecule has 0 amide bonds. The van der Waals surface area contributed by atoms with Gasteiger partial charge in [0.2, 0.25) is 0 Å². The summed E-state index contributed by atoms with van der Waals surface area (Å²) >= 11 is 0. The summed E-state index contributed by atoms with van der Waals surface area (Å²) in [4.78, 5) is 12.8. The monoisotopic (exact) mass is 279 g/mol. The van der Waals surface area contributed by atoms with Crippen LogP contribution in [0.3, 0.4) is 0 Å². The van der Waals surface area contributed by atoms with Gasteiger partial charge in [0.1, 0.15) is 5.52 Å². The van der Waals surface area contributed by atoms with Gasteiger partial charge in [-0.2, -0.15) is 4.68 Å². The summed E-state index contributed by atoms with van der Waals surface area (Å²) in [7, 11) is 0. The Bertz CT molecular complexity index is 777. The van der Waals surface area contributed by atoms with Crippen LogP contribution in [-0.2, 0) is 0 Å². The molecule has 106 valence electrons. The highest BCUT2D eigenvalue weighted by atomic mass is 16.2. The number of carbonyl (C=O) groups excluding carboxylic acids is 1. The van der Waals surface area contributed by atoms with Gasteiger partial charge in [0.15, 0.2) is 0 Å². The molecule has 0 saturated heterocycles. The summed E-state index contributed by atoms with van der Waals surface area (Å²) < 4.78 is 1.43. The van der Waals surface area contributed by atoms with Crippen LogP contribution >= 0.6 is 0 Å². The normalized spacial score (nSPS) is 12.5. The van der Waals surface area contributed by atoms with Crippen molar-refractivity contribution in [2.75, 3.05) is 0 Å². The maximum atomic E-state index is 12.8. The zero-order chi connectivity index (χ0) is 14.8. The molecule has 0 bridgehead atoms. The second-order valence-electron chi connectivity index (χ2n) is 5.20. The molecule has 0 spiro atoms. The van der Waals surface area contributed by atoms with Crippen LogP contribution in [-0.4, -0.2) is 20.9 Å². The molecule has 0 radical (unpaired) electrons. The lowest BCUT2D eigenvalue weighted by Gasteiger charge is -2.13. The topological polar surface area (TPSA) is 47.8 Å². The Morgan fingerprint density at radius 2 is 1.95 bits per heavy atom. The van der Waals surface area contributed by atoms with Crippen LogP contribution in [0.2, 0.25) is 0 Å². The fraction of sp³-hybridized carbons (Fsp3) is 0.235. The van der Waals surface area contributed by atoms with Crippen LogP contribution in [0.15, 0.2) is 48.5 Å². The van der Waals surface area contributed by atoms with Crippen molar-refractivity contribution >= 4 is 16.9 Å². The number of benzene rings is 2. The van der Waals surface area contributed by atoms with Gasteiger partial charge < -0.3 is 0 Å². The number of carbonyl (C=O) groups is 1. The third kappa shape index (κ3) is 2.44. The minimum absolute atomic E-state index is 0.0324. The van der Waals surface area contributed by atoms with Crippen molar-refractivity contribution in [2.24, 2.45) is 0 Å². The first-order valence-corrected chi connectivity index (χ1v) is 7.12. The maximum Gasteiger partial charge on any atom is 0.256 e. The number of hydrogen-bond donors (Lipinski definition) is 0. The third-order valence-corrected chi connectivity index (χ3v) is 3.72. The molecule has 0 aliphatic rings. The largest absolute Gasteiger partial charge is 0.272 e. The molecular formula is C17H17N3O. The Labute approximate surface area is 123 Å². The van der Waals surface area contributed by atoms with Gasteiger partial charge in [0.25, 0.3) is 5.91 Å². The SMILES string of the molecule is CCC(C(=O)n1nnc2cc(C)ccc21)c1ccccc1. The molecule has 3 rings (SSSR count). The average molecular weight is 279 g/mol. The number of hydrogen-bond acceptors (Lipinski definition) is 3. The Morgan fingerprint density at radius 1 is 1.19 bits per heavy atom. The van der Waals surface area contributed by atoms with E-state index >= 15 is 0 Å². The summed E-state index contributed by atoms with van der Waals surface area (Å²) in [5.74, 6) is -0.229. The van der Waals surface area contributed by atoms with Crippen LogP contribution < -0.4 is 0 Å². The van der Waals surface area contributed by atoms with Gasteiger partial charge in [0, 0.05) is 0 Å². The van der Waals surface area contributed by atoms with Gasteiger partial charge in [-0.05, 0) is 36.6 Å². The quantitative estimate of drug-likeness (QED) is 0.736. The highest BCUT2D eigenvalue weighted by molar-refractivity contribution is 5.92. The molecule has 1 aromatic heterocycles. The zero-order valence-corrected chi connectivity index (χ0v) is 12.2. The van der Waals surface area contributed by atoms with E-state index in [9.17, 15) is 4.79 Å². The highest BCUT2D eigenvalue weighted by Crippen LogP contribution is 2.23. The van der Waals surface area contributed by atoms with E-state index in [0.717, 1.165) is 28.6 Å². The van der Waals surface area contributed by atoms with Crippen molar-refractivity contribution < 1.29 is 4.79 Å². The van der Waals surface area contributed by atoms with Crippen LogP contribution in [0.5, 0.6) is 0 Å². The molecule has 2 aromatic carbocycles. The second kappa shape index (κ2) is 5.48. The molecule has 21 heavy (non-hydrogen) atoms. The molecule has 0 aliphatic carbocycles. The van der Waals surface area contributed by atoms with E-state index in [0.29, 0.717) is 0 Å². The minimum Gasteiger partial charge on any atom is -0.272 e. The standard InChI is InChI=1S/C17H17N3O/c1-3-14(13-7-5-4-6-8-13)17(21)20-16-10-9-12(2)11-15(16)18-19-20/h4-11,14H,3H2,1-2H3. The van der Waals surface area contributed by atoms with Gasteiger partial charge in [-0.3, -0.25) is 4.79 Å². The summed E-state index contributed by atoms with van der Waals surface area (Å²) in [5, 5.41) is 8.15. The lowest BCUT2D eigenvalue weighted by molar-refractivity contribution is 0.0862. The van der Waals surface area contributed by atoms with Crippen molar-refractivity contribution in [2.45, 2.75) is 26.2 Å². The van der Waals surface area contributed by atoms with Crippen molar-refractivity contribution in [1.82, 2.24) is 15.0 Å². The molecule has 0 aliphatic heterocycles. The number of nitrogens with zero attached hydrogens (tertiary/aromatic N) is 3. The molecule has 0 N–H and O–H groups in total. The Balaban J connectivity index is 2.03. The molecule has 0 saturated carbocycles. The van der Waals surface area contributed by atoms with Crippen molar-refractivity contribution in [3.8, 4) is 0 Å². The molecule has 1 unspecified atom stereocenters. The van der Waals surface area contributed by atoms with E-state index in [1.807, 2.05) is 62.4 Å². The van der Waals surface area contributed by atoms with Gasteiger partial charge >= 0.3 is 0 Å². The number of rotatable bonds is 3. The smallest absolute Gasteiger partial charge is 0.256 e. The molecule has 4 nitrogen and oxygen atoms in total. The van der Waals surface area contributed by atoms with E-state index in [-0.39, 0.29) is 11.8 Å². The minimum atomic E-state index is -0.197. The molecular weight excluding hydrogens is 262 g/mol. The first kappa shape index (κ1) is 13.5. The molecule has 3 aromatic rings. The first-order valence-electron chi connectivity index (χ1n) is 7.12. The van der Waals surface area contributed by atoms with Crippen molar-refractivity contribution in [1.29, 1.82) is 0 Å². The molecule has 1 heterocycles.